The minimum atomic E-state index is 0.261. The molecule has 78 valence electrons. The van der Waals surface area contributed by atoms with E-state index in [4.69, 9.17) is 0 Å². The molecule has 3 aliphatic rings. The number of hydrogen-bond acceptors (Lipinski definition) is 1. The van der Waals surface area contributed by atoms with Crippen LogP contribution in [0.2, 0.25) is 0 Å². The first-order valence-electron chi connectivity index (χ1n) is 5.99. The molecule has 3 rings (SSSR count). The van der Waals surface area contributed by atoms with Crippen molar-refractivity contribution in [1.82, 2.24) is 5.32 Å². The lowest BCUT2D eigenvalue weighted by molar-refractivity contribution is -0.696. The molecule has 4 atom stereocenters. The van der Waals surface area contributed by atoms with Gasteiger partial charge in [-0.2, -0.15) is 0 Å². The minimum absolute atomic E-state index is 0.261. The average molecular weight is 195 g/mol. The highest BCUT2D eigenvalue weighted by Gasteiger charge is 2.51. The lowest BCUT2D eigenvalue weighted by Crippen LogP contribution is -2.95. The van der Waals surface area contributed by atoms with E-state index in [9.17, 15) is 4.79 Å². The van der Waals surface area contributed by atoms with Gasteiger partial charge in [0.1, 0.15) is 0 Å². The molecule has 2 saturated heterocycles. The zero-order chi connectivity index (χ0) is 9.54. The number of quaternary nitrogens is 1. The van der Waals surface area contributed by atoms with E-state index in [-0.39, 0.29) is 6.04 Å². The molecule has 14 heavy (non-hydrogen) atoms. The molecule has 0 aromatic rings. The van der Waals surface area contributed by atoms with Gasteiger partial charge in [-0.25, -0.2) is 0 Å². The molecule has 3 nitrogen and oxygen atoms in total. The van der Waals surface area contributed by atoms with Crippen LogP contribution in [0.3, 0.4) is 0 Å². The molecule has 0 aromatic carbocycles. The molecule has 2 aliphatic heterocycles. The summed E-state index contributed by atoms with van der Waals surface area (Å²) in [4.78, 5) is 11.7. The van der Waals surface area contributed by atoms with Crippen molar-refractivity contribution in [2.45, 2.75) is 44.2 Å². The second kappa shape index (κ2) is 3.23. The third-order valence-electron chi connectivity index (χ3n) is 4.42. The Morgan fingerprint density at radius 2 is 2.00 bits per heavy atom. The van der Waals surface area contributed by atoms with Gasteiger partial charge in [-0.05, 0) is 25.7 Å². The van der Waals surface area contributed by atoms with Gasteiger partial charge in [0.15, 0.2) is 6.04 Å². The highest BCUT2D eigenvalue weighted by Crippen LogP contribution is 2.36. The highest BCUT2D eigenvalue weighted by atomic mass is 16.2. The maximum absolute atomic E-state index is 11.7. The Hall–Kier alpha value is -0.570. The Kier molecular flexibility index (Phi) is 2.01. The maximum Gasteiger partial charge on any atom is 0.278 e. The summed E-state index contributed by atoms with van der Waals surface area (Å²) in [7, 11) is 0. The fourth-order valence-corrected chi connectivity index (χ4v) is 3.79. The topological polar surface area (TPSA) is 45.7 Å². The molecule has 3 N–H and O–H groups in total. The predicted octanol–water partition coefficient (Wildman–Crippen LogP) is -0.373. The Bertz CT molecular complexity index is 254. The fraction of sp³-hybridized carbons (Fsp3) is 0.909. The van der Waals surface area contributed by atoms with Crippen LogP contribution in [-0.2, 0) is 4.79 Å². The van der Waals surface area contributed by atoms with Crippen molar-refractivity contribution >= 4 is 5.91 Å². The summed E-state index contributed by atoms with van der Waals surface area (Å²) >= 11 is 0. The van der Waals surface area contributed by atoms with E-state index >= 15 is 0 Å². The summed E-state index contributed by atoms with van der Waals surface area (Å²) in [5, 5.41) is 5.36. The number of carbonyl (C=O) groups is 1. The Balaban J connectivity index is 1.82. The van der Waals surface area contributed by atoms with Crippen molar-refractivity contribution in [3.05, 3.63) is 0 Å². The van der Waals surface area contributed by atoms with Crippen LogP contribution in [0.25, 0.3) is 0 Å². The summed E-state index contributed by atoms with van der Waals surface area (Å²) in [5.41, 5.74) is 0. The molecular formula is C11H19N2O+. The van der Waals surface area contributed by atoms with Crippen LogP contribution >= 0.6 is 0 Å². The predicted molar refractivity (Wildman–Crippen MR) is 52.6 cm³/mol. The van der Waals surface area contributed by atoms with Crippen molar-refractivity contribution in [2.75, 3.05) is 6.54 Å². The molecule has 3 fully saturated rings. The van der Waals surface area contributed by atoms with Gasteiger partial charge in [-0.3, -0.25) is 4.79 Å². The first-order chi connectivity index (χ1) is 6.86. The third-order valence-corrected chi connectivity index (χ3v) is 4.42. The summed E-state index contributed by atoms with van der Waals surface area (Å²) in [5.74, 6) is 1.84. The molecule has 2 heterocycles. The number of rotatable bonds is 0. The van der Waals surface area contributed by atoms with Crippen LogP contribution in [0.5, 0.6) is 0 Å². The van der Waals surface area contributed by atoms with E-state index in [1.807, 2.05) is 0 Å². The van der Waals surface area contributed by atoms with Crippen LogP contribution in [0.4, 0.5) is 0 Å². The van der Waals surface area contributed by atoms with Gasteiger partial charge in [-0.15, -0.1) is 0 Å². The Morgan fingerprint density at radius 3 is 2.93 bits per heavy atom. The van der Waals surface area contributed by atoms with Gasteiger partial charge < -0.3 is 10.6 Å². The second-order valence-corrected chi connectivity index (χ2v) is 5.07. The molecule has 0 radical (unpaired) electrons. The molecule has 1 amide bonds. The third kappa shape index (κ3) is 1.18. The van der Waals surface area contributed by atoms with Crippen molar-refractivity contribution in [3.8, 4) is 0 Å². The van der Waals surface area contributed by atoms with Crippen LogP contribution in [0.1, 0.15) is 32.1 Å². The lowest BCUT2D eigenvalue weighted by Gasteiger charge is -2.27. The highest BCUT2D eigenvalue weighted by molar-refractivity contribution is 5.81. The fourth-order valence-electron chi connectivity index (χ4n) is 3.79. The zero-order valence-corrected chi connectivity index (χ0v) is 8.54. The first-order valence-corrected chi connectivity index (χ1v) is 5.99. The summed E-state index contributed by atoms with van der Waals surface area (Å²) in [6.45, 7) is 0.914. The van der Waals surface area contributed by atoms with Gasteiger partial charge in [0, 0.05) is 18.4 Å². The molecule has 3 heteroatoms. The molecule has 1 aliphatic carbocycles. The van der Waals surface area contributed by atoms with Gasteiger partial charge in [0.25, 0.3) is 5.91 Å². The Labute approximate surface area is 84.6 Å². The second-order valence-electron chi connectivity index (χ2n) is 5.07. The minimum Gasteiger partial charge on any atom is -0.351 e. The van der Waals surface area contributed by atoms with Crippen LogP contribution in [0.15, 0.2) is 0 Å². The van der Waals surface area contributed by atoms with Crippen molar-refractivity contribution in [1.29, 1.82) is 0 Å². The monoisotopic (exact) mass is 195 g/mol. The van der Waals surface area contributed by atoms with Gasteiger partial charge >= 0.3 is 0 Å². The quantitative estimate of drug-likeness (QED) is 0.544. The van der Waals surface area contributed by atoms with E-state index in [1.54, 1.807) is 0 Å². The summed E-state index contributed by atoms with van der Waals surface area (Å²) < 4.78 is 0. The van der Waals surface area contributed by atoms with Gasteiger partial charge in [-0.1, -0.05) is 6.42 Å². The van der Waals surface area contributed by atoms with Gasteiger partial charge in [0.05, 0.1) is 6.04 Å². The van der Waals surface area contributed by atoms with Crippen LogP contribution in [-0.4, -0.2) is 24.5 Å². The van der Waals surface area contributed by atoms with Crippen molar-refractivity contribution in [3.63, 3.8) is 0 Å². The molecule has 0 unspecified atom stereocenters. The number of hydrogen-bond donors (Lipinski definition) is 2. The summed E-state index contributed by atoms with van der Waals surface area (Å²) in [6.07, 6.45) is 6.69. The van der Waals surface area contributed by atoms with E-state index in [2.05, 4.69) is 10.6 Å². The number of piperidine rings is 1. The van der Waals surface area contributed by atoms with Crippen molar-refractivity contribution < 1.29 is 10.1 Å². The smallest absolute Gasteiger partial charge is 0.278 e. The molecule has 0 aromatic heterocycles. The first kappa shape index (κ1) is 8.72. The number of nitrogens with two attached hydrogens (primary N) is 1. The van der Waals surface area contributed by atoms with E-state index in [1.165, 1.54) is 32.1 Å². The number of fused-ring (bicyclic) bond motifs is 3. The standard InChI is InChI=1S/C11H18N2O/c14-11-10-8(5-6-12-11)7-3-1-2-4-9(7)13-10/h7-10,13H,1-6H2,(H,12,14)/p+1/t7-,8-,9-,10+/m0/s1. The SMILES string of the molecule is O=C1NCC[C@H]2[C@@H]3CCCC[C@@H]3[NH2+][C@@H]12. The molecule has 1 saturated carbocycles. The largest absolute Gasteiger partial charge is 0.351 e. The average Bonchev–Trinajstić information content (AvgIpc) is 2.59. The summed E-state index contributed by atoms with van der Waals surface area (Å²) in [6, 6.07) is 1.03. The molecule has 0 bridgehead atoms. The van der Waals surface area contributed by atoms with Crippen LogP contribution < -0.4 is 10.6 Å². The normalized spacial score (nSPS) is 46.7. The molecular weight excluding hydrogens is 176 g/mol. The van der Waals surface area contributed by atoms with Crippen LogP contribution in [0, 0.1) is 11.8 Å². The van der Waals surface area contributed by atoms with E-state index in [0.717, 1.165) is 18.5 Å². The van der Waals surface area contributed by atoms with E-state index < -0.39 is 0 Å². The number of nitrogens with one attached hydrogen (secondary N) is 1. The molecule has 0 spiro atoms. The maximum atomic E-state index is 11.7. The Morgan fingerprint density at radius 1 is 1.14 bits per heavy atom. The number of carbonyl (C=O) groups excluding carboxylic acids is 1. The van der Waals surface area contributed by atoms with Gasteiger partial charge in [0.2, 0.25) is 0 Å². The van der Waals surface area contributed by atoms with Crippen molar-refractivity contribution in [2.24, 2.45) is 11.8 Å². The van der Waals surface area contributed by atoms with E-state index in [0.29, 0.717) is 11.8 Å². The number of amides is 1. The lowest BCUT2D eigenvalue weighted by atomic mass is 9.76. The zero-order valence-electron chi connectivity index (χ0n) is 8.54.